The lowest BCUT2D eigenvalue weighted by Gasteiger charge is -2.11. The molecule has 0 aromatic heterocycles. The number of aliphatic hydroxyl groups excluding tert-OH is 1. The van der Waals surface area contributed by atoms with Gasteiger partial charge in [0.2, 0.25) is 0 Å². The minimum Gasteiger partial charge on any atom is -0.493 e. The van der Waals surface area contributed by atoms with Crippen LogP contribution in [0.4, 0.5) is 5.69 Å². The van der Waals surface area contributed by atoms with Gasteiger partial charge in [-0.1, -0.05) is 0 Å². The molecule has 0 unspecified atom stereocenters. The molecule has 0 heterocycles. The van der Waals surface area contributed by atoms with Crippen LogP contribution >= 0.6 is 0 Å². The Labute approximate surface area is 108 Å². The normalized spacial score (nSPS) is 9.84. The van der Waals surface area contributed by atoms with E-state index < -0.39 is 24.1 Å². The number of nitro benzene ring substituents is 1. The summed E-state index contributed by atoms with van der Waals surface area (Å²) in [6.07, 6.45) is 0. The van der Waals surface area contributed by atoms with Crippen LogP contribution < -0.4 is 9.47 Å². The number of carbonyl (C=O) groups excluding carboxylic acids is 1. The summed E-state index contributed by atoms with van der Waals surface area (Å²) in [6, 6.07) is 2.37. The maximum atomic E-state index is 11.0. The molecule has 0 saturated carbocycles. The summed E-state index contributed by atoms with van der Waals surface area (Å²) in [5, 5.41) is 19.9. The highest BCUT2D eigenvalue weighted by atomic mass is 16.6. The van der Waals surface area contributed by atoms with Gasteiger partial charge in [-0.15, -0.1) is 0 Å². The van der Waals surface area contributed by atoms with Gasteiger partial charge in [-0.05, 0) is 6.07 Å². The van der Waals surface area contributed by atoms with Crippen LogP contribution in [0.3, 0.4) is 0 Å². The summed E-state index contributed by atoms with van der Waals surface area (Å²) in [7, 11) is 2.54. The van der Waals surface area contributed by atoms with E-state index in [9.17, 15) is 14.9 Å². The summed E-state index contributed by atoms with van der Waals surface area (Å²) in [4.78, 5) is 21.1. The number of nitro groups is 1. The van der Waals surface area contributed by atoms with Crippen molar-refractivity contribution in [2.45, 2.75) is 6.61 Å². The van der Waals surface area contributed by atoms with Gasteiger partial charge in [0.15, 0.2) is 18.1 Å². The van der Waals surface area contributed by atoms with Crippen LogP contribution in [0.15, 0.2) is 12.1 Å². The number of benzene rings is 1. The van der Waals surface area contributed by atoms with E-state index in [2.05, 4.69) is 4.74 Å². The van der Waals surface area contributed by atoms with E-state index in [4.69, 9.17) is 14.6 Å². The summed E-state index contributed by atoms with van der Waals surface area (Å²) in [5.41, 5.74) is -0.226. The minimum atomic E-state index is -0.657. The van der Waals surface area contributed by atoms with Crippen molar-refractivity contribution >= 4 is 11.7 Å². The number of hydrogen-bond acceptors (Lipinski definition) is 7. The SMILES string of the molecule is COC(=O)COc1cc([N+](=O)[O-])c(CO)cc1OC. The van der Waals surface area contributed by atoms with Gasteiger partial charge in [-0.2, -0.15) is 0 Å². The fraction of sp³-hybridized carbons (Fsp3) is 0.364. The van der Waals surface area contributed by atoms with Gasteiger partial charge in [0, 0.05) is 0 Å². The van der Waals surface area contributed by atoms with E-state index in [0.29, 0.717) is 0 Å². The highest BCUT2D eigenvalue weighted by molar-refractivity contribution is 5.71. The van der Waals surface area contributed by atoms with Crippen LogP contribution in [-0.4, -0.2) is 36.8 Å². The second-order valence-electron chi connectivity index (χ2n) is 3.41. The minimum absolute atomic E-state index is 0.0248. The highest BCUT2D eigenvalue weighted by Crippen LogP contribution is 2.34. The van der Waals surface area contributed by atoms with Crippen LogP contribution in [0.1, 0.15) is 5.56 Å². The third-order valence-corrected chi connectivity index (χ3v) is 2.31. The molecule has 1 aromatic rings. The largest absolute Gasteiger partial charge is 0.493 e. The number of methoxy groups -OCH3 is 2. The lowest BCUT2D eigenvalue weighted by Crippen LogP contribution is -2.13. The molecule has 1 aromatic carbocycles. The number of hydrogen-bond donors (Lipinski definition) is 1. The second-order valence-corrected chi connectivity index (χ2v) is 3.41. The topological polar surface area (TPSA) is 108 Å². The first kappa shape index (κ1) is 14.7. The molecule has 8 heteroatoms. The van der Waals surface area contributed by atoms with Crippen molar-refractivity contribution in [2.75, 3.05) is 20.8 Å². The van der Waals surface area contributed by atoms with E-state index in [1.54, 1.807) is 0 Å². The van der Waals surface area contributed by atoms with Crippen LogP contribution in [0.2, 0.25) is 0 Å². The zero-order valence-electron chi connectivity index (χ0n) is 10.4. The Balaban J connectivity index is 3.11. The Morgan fingerprint density at radius 2 is 2.05 bits per heavy atom. The van der Waals surface area contributed by atoms with Crippen molar-refractivity contribution in [1.82, 2.24) is 0 Å². The van der Waals surface area contributed by atoms with Gasteiger partial charge in [0.25, 0.3) is 5.69 Å². The molecular formula is C11H13NO7. The molecule has 0 saturated heterocycles. The molecule has 0 spiro atoms. The second kappa shape index (κ2) is 6.55. The molecule has 1 rings (SSSR count). The number of rotatable bonds is 6. The van der Waals surface area contributed by atoms with Gasteiger partial charge in [0.1, 0.15) is 0 Å². The number of nitrogens with zero attached hydrogens (tertiary/aromatic N) is 1. The Morgan fingerprint density at radius 3 is 2.53 bits per heavy atom. The van der Waals surface area contributed by atoms with Gasteiger partial charge >= 0.3 is 5.97 Å². The molecule has 0 aliphatic rings. The maximum absolute atomic E-state index is 11.0. The van der Waals surface area contributed by atoms with Gasteiger partial charge < -0.3 is 19.3 Å². The fourth-order valence-electron chi connectivity index (χ4n) is 1.36. The first-order chi connectivity index (χ1) is 9.03. The number of esters is 1. The van der Waals surface area contributed by atoms with Crippen molar-refractivity contribution in [3.8, 4) is 11.5 Å². The lowest BCUT2D eigenvalue weighted by molar-refractivity contribution is -0.385. The zero-order valence-corrected chi connectivity index (χ0v) is 10.4. The Morgan fingerprint density at radius 1 is 1.37 bits per heavy atom. The first-order valence-corrected chi connectivity index (χ1v) is 5.19. The summed E-state index contributed by atoms with van der Waals surface area (Å²) < 4.78 is 14.5. The average molecular weight is 271 g/mol. The number of aliphatic hydroxyl groups is 1. The van der Waals surface area contributed by atoms with Gasteiger partial charge in [-0.25, -0.2) is 4.79 Å². The Bertz CT molecular complexity index is 486. The number of ether oxygens (including phenoxy) is 3. The predicted octanol–water partition coefficient (Wildman–Crippen LogP) is 0.647. The van der Waals surface area contributed by atoms with Crippen molar-refractivity contribution in [3.63, 3.8) is 0 Å². The molecule has 1 N–H and O–H groups in total. The van der Waals surface area contributed by atoms with Gasteiger partial charge in [0.05, 0.1) is 37.4 Å². The molecule has 0 fully saturated rings. The van der Waals surface area contributed by atoms with Crippen molar-refractivity contribution < 1.29 is 29.0 Å². The van der Waals surface area contributed by atoms with Crippen LogP contribution in [-0.2, 0) is 16.1 Å². The molecule has 0 aliphatic heterocycles. The fourth-order valence-corrected chi connectivity index (χ4v) is 1.36. The first-order valence-electron chi connectivity index (χ1n) is 5.19. The molecular weight excluding hydrogens is 258 g/mol. The molecule has 0 atom stereocenters. The monoisotopic (exact) mass is 271 g/mol. The standard InChI is InChI=1S/C11H13NO7/c1-17-9-3-7(5-13)8(12(15)16)4-10(9)19-6-11(14)18-2/h3-4,13H,5-6H2,1-2H3. The third kappa shape index (κ3) is 3.55. The van der Waals surface area contributed by atoms with Crippen molar-refractivity contribution in [3.05, 3.63) is 27.8 Å². The highest BCUT2D eigenvalue weighted by Gasteiger charge is 2.19. The third-order valence-electron chi connectivity index (χ3n) is 2.31. The Hall–Kier alpha value is -2.35. The maximum Gasteiger partial charge on any atom is 0.343 e. The summed E-state index contributed by atoms with van der Waals surface area (Å²) >= 11 is 0. The molecule has 0 amide bonds. The quantitative estimate of drug-likeness (QED) is 0.459. The summed E-state index contributed by atoms with van der Waals surface area (Å²) in [6.45, 7) is -0.910. The molecule has 0 aliphatic carbocycles. The Kier molecular flexibility index (Phi) is 5.07. The number of carbonyl (C=O) groups is 1. The molecule has 104 valence electrons. The molecule has 0 radical (unpaired) electrons. The average Bonchev–Trinajstić information content (AvgIpc) is 2.43. The molecule has 19 heavy (non-hydrogen) atoms. The van der Waals surface area contributed by atoms with Crippen LogP contribution in [0.5, 0.6) is 11.5 Å². The van der Waals surface area contributed by atoms with Crippen molar-refractivity contribution in [1.29, 1.82) is 0 Å². The van der Waals surface area contributed by atoms with E-state index in [1.807, 2.05) is 0 Å². The lowest BCUT2D eigenvalue weighted by atomic mass is 10.1. The van der Waals surface area contributed by atoms with E-state index in [-0.39, 0.29) is 22.7 Å². The van der Waals surface area contributed by atoms with E-state index in [0.717, 1.165) is 6.07 Å². The van der Waals surface area contributed by atoms with Crippen LogP contribution in [0.25, 0.3) is 0 Å². The van der Waals surface area contributed by atoms with E-state index in [1.165, 1.54) is 20.3 Å². The molecule has 0 bridgehead atoms. The van der Waals surface area contributed by atoms with Gasteiger partial charge in [-0.3, -0.25) is 10.1 Å². The van der Waals surface area contributed by atoms with E-state index >= 15 is 0 Å². The van der Waals surface area contributed by atoms with Crippen molar-refractivity contribution in [2.24, 2.45) is 0 Å². The van der Waals surface area contributed by atoms with Crippen LogP contribution in [0, 0.1) is 10.1 Å². The molecule has 8 nitrogen and oxygen atoms in total. The zero-order chi connectivity index (χ0) is 14.4. The smallest absolute Gasteiger partial charge is 0.343 e. The predicted molar refractivity (Wildman–Crippen MR) is 63.1 cm³/mol. The summed E-state index contributed by atoms with van der Waals surface area (Å²) in [5.74, 6) is -0.425.